The number of carbonyl (C=O) groups is 1. The molecule has 1 aliphatic carbocycles. The molecule has 1 atom stereocenters. The van der Waals surface area contributed by atoms with Crippen LogP contribution in [0, 0.1) is 5.41 Å². The molecule has 1 amide bonds. The van der Waals surface area contributed by atoms with Gasteiger partial charge in [0.1, 0.15) is 5.82 Å². The second-order valence-electron chi connectivity index (χ2n) is 10.7. The molecule has 150 valence electrons. The summed E-state index contributed by atoms with van der Waals surface area (Å²) >= 11 is 0. The third kappa shape index (κ3) is 4.18. The Morgan fingerprint density at radius 3 is 2.41 bits per heavy atom. The van der Waals surface area contributed by atoms with Crippen LogP contribution in [0.25, 0.3) is 0 Å². The summed E-state index contributed by atoms with van der Waals surface area (Å²) in [5.74, 6) is 0.986. The molecule has 1 aromatic rings. The lowest BCUT2D eigenvalue weighted by atomic mass is 9.74. The van der Waals surface area contributed by atoms with Crippen molar-refractivity contribution in [2.45, 2.75) is 91.1 Å². The van der Waals surface area contributed by atoms with Gasteiger partial charge in [-0.15, -0.1) is 0 Å². The van der Waals surface area contributed by atoms with Crippen molar-refractivity contribution in [1.29, 1.82) is 0 Å². The number of nitrogens with zero attached hydrogens (tertiary/aromatic N) is 3. The Hall–Kier alpha value is -1.49. The van der Waals surface area contributed by atoms with Crippen LogP contribution >= 0.6 is 0 Å². The Bertz CT molecular complexity index is 712. The van der Waals surface area contributed by atoms with Crippen molar-refractivity contribution >= 4 is 5.91 Å². The number of aromatic nitrogens is 2. The van der Waals surface area contributed by atoms with Crippen LogP contribution in [0.2, 0.25) is 0 Å². The summed E-state index contributed by atoms with van der Waals surface area (Å²) in [4.78, 5) is 25.0. The monoisotopic (exact) mass is 372 g/mol. The van der Waals surface area contributed by atoms with Crippen LogP contribution in [0.15, 0.2) is 6.20 Å². The zero-order chi connectivity index (χ0) is 20.0. The van der Waals surface area contributed by atoms with E-state index in [-0.39, 0.29) is 22.8 Å². The van der Waals surface area contributed by atoms with Gasteiger partial charge in [-0.2, -0.15) is 0 Å². The van der Waals surface area contributed by atoms with Gasteiger partial charge in [0, 0.05) is 22.9 Å². The first-order valence-electron chi connectivity index (χ1n) is 10.3. The molecule has 1 aliphatic heterocycles. The molecule has 3 rings (SSSR count). The van der Waals surface area contributed by atoms with Crippen molar-refractivity contribution in [2.24, 2.45) is 5.41 Å². The summed E-state index contributed by atoms with van der Waals surface area (Å²) in [5.41, 5.74) is 1.73. The summed E-state index contributed by atoms with van der Waals surface area (Å²) in [6.45, 7) is 17.0. The highest BCUT2D eigenvalue weighted by molar-refractivity contribution is 5.85. The van der Waals surface area contributed by atoms with Crippen LogP contribution in [0.3, 0.4) is 0 Å². The molecule has 0 unspecified atom stereocenters. The highest BCUT2D eigenvalue weighted by Gasteiger charge is 2.40. The number of hydrogen-bond acceptors (Lipinski definition) is 4. The molecule has 1 fully saturated rings. The summed E-state index contributed by atoms with van der Waals surface area (Å²) < 4.78 is 0. The second-order valence-corrected chi connectivity index (χ2v) is 10.7. The molecular formula is C22H36N4O. The second kappa shape index (κ2) is 6.84. The fourth-order valence-electron chi connectivity index (χ4n) is 4.29. The van der Waals surface area contributed by atoms with Crippen LogP contribution in [-0.2, 0) is 16.6 Å². The van der Waals surface area contributed by atoms with Gasteiger partial charge in [-0.05, 0) is 58.0 Å². The van der Waals surface area contributed by atoms with Gasteiger partial charge < -0.3 is 5.32 Å². The van der Waals surface area contributed by atoms with Crippen LogP contribution in [0.1, 0.15) is 90.9 Å². The molecule has 1 aromatic heterocycles. The minimum Gasteiger partial charge on any atom is -0.348 e. The SMILES string of the molecule is CC1(C)Cc2nc(C(C)(C)C)ncc2[C@@H](NC(=O)C(C)(C)N2CCCC2)C1. The average molecular weight is 373 g/mol. The molecule has 5 nitrogen and oxygen atoms in total. The van der Waals surface area contributed by atoms with Crippen LogP contribution in [-0.4, -0.2) is 39.4 Å². The zero-order valence-electron chi connectivity index (χ0n) is 18.1. The number of hydrogen-bond donors (Lipinski definition) is 1. The van der Waals surface area contributed by atoms with Gasteiger partial charge in [0.15, 0.2) is 0 Å². The number of rotatable bonds is 3. The number of nitrogens with one attached hydrogen (secondary N) is 1. The predicted octanol–water partition coefficient (Wildman–Crippen LogP) is 3.78. The lowest BCUT2D eigenvalue weighted by Crippen LogP contribution is -2.55. The van der Waals surface area contributed by atoms with Gasteiger partial charge in [0.2, 0.25) is 5.91 Å². The number of fused-ring (bicyclic) bond motifs is 1. The van der Waals surface area contributed by atoms with E-state index in [0.29, 0.717) is 0 Å². The third-order valence-electron chi connectivity index (χ3n) is 6.11. The molecule has 0 bridgehead atoms. The Morgan fingerprint density at radius 2 is 1.81 bits per heavy atom. The van der Waals surface area contributed by atoms with Crippen molar-refractivity contribution in [1.82, 2.24) is 20.2 Å². The van der Waals surface area contributed by atoms with Gasteiger partial charge in [-0.1, -0.05) is 34.6 Å². The van der Waals surface area contributed by atoms with E-state index >= 15 is 0 Å². The summed E-state index contributed by atoms with van der Waals surface area (Å²) in [5, 5.41) is 3.35. The standard InChI is InChI=1S/C22H36N4O/c1-20(2,3)18-23-14-15-16(24-18)12-21(4,5)13-17(15)25-19(27)22(6,7)26-10-8-9-11-26/h14,17H,8-13H2,1-7H3,(H,25,27)/t17-/m0/s1. The van der Waals surface area contributed by atoms with Gasteiger partial charge >= 0.3 is 0 Å². The van der Waals surface area contributed by atoms with E-state index in [4.69, 9.17) is 4.98 Å². The molecule has 0 radical (unpaired) electrons. The summed E-state index contributed by atoms with van der Waals surface area (Å²) in [7, 11) is 0. The topological polar surface area (TPSA) is 58.1 Å². The summed E-state index contributed by atoms with van der Waals surface area (Å²) in [6.07, 6.45) is 6.15. The highest BCUT2D eigenvalue weighted by atomic mass is 16.2. The first kappa shape index (κ1) is 20.2. The smallest absolute Gasteiger partial charge is 0.240 e. The molecule has 0 saturated carbocycles. The molecule has 1 saturated heterocycles. The molecule has 27 heavy (non-hydrogen) atoms. The number of amides is 1. The first-order chi connectivity index (χ1) is 12.4. The maximum atomic E-state index is 13.2. The maximum absolute atomic E-state index is 13.2. The minimum atomic E-state index is -0.482. The van der Waals surface area contributed by atoms with Crippen LogP contribution in [0.5, 0.6) is 0 Å². The van der Waals surface area contributed by atoms with E-state index < -0.39 is 5.54 Å². The third-order valence-corrected chi connectivity index (χ3v) is 6.11. The van der Waals surface area contributed by atoms with E-state index in [9.17, 15) is 4.79 Å². The Labute approximate surface area is 164 Å². The van der Waals surface area contributed by atoms with E-state index in [1.165, 1.54) is 12.8 Å². The molecule has 0 aromatic carbocycles. The minimum absolute atomic E-state index is 0.0212. The summed E-state index contributed by atoms with van der Waals surface area (Å²) in [6, 6.07) is -0.0212. The Kier molecular flexibility index (Phi) is 5.13. The van der Waals surface area contributed by atoms with Crippen molar-refractivity contribution < 1.29 is 4.79 Å². The normalized spacial score (nSPS) is 23.1. The molecule has 0 spiro atoms. The first-order valence-corrected chi connectivity index (χ1v) is 10.3. The van der Waals surface area contributed by atoms with E-state index in [1.54, 1.807) is 0 Å². The van der Waals surface area contributed by atoms with Gasteiger partial charge in [0.05, 0.1) is 11.6 Å². The van der Waals surface area contributed by atoms with Crippen molar-refractivity contribution in [3.05, 3.63) is 23.3 Å². The molecule has 2 aliphatic rings. The van der Waals surface area contributed by atoms with Gasteiger partial charge in [-0.25, -0.2) is 9.97 Å². The lowest BCUT2D eigenvalue weighted by Gasteiger charge is -2.40. The van der Waals surface area contributed by atoms with E-state index in [2.05, 4.69) is 49.8 Å². The highest BCUT2D eigenvalue weighted by Crippen LogP contribution is 2.40. The van der Waals surface area contributed by atoms with Gasteiger partial charge in [-0.3, -0.25) is 9.69 Å². The van der Waals surface area contributed by atoms with E-state index in [0.717, 1.165) is 43.0 Å². The van der Waals surface area contributed by atoms with Crippen LogP contribution < -0.4 is 5.32 Å². The van der Waals surface area contributed by atoms with Crippen molar-refractivity contribution in [3.63, 3.8) is 0 Å². The maximum Gasteiger partial charge on any atom is 0.240 e. The largest absolute Gasteiger partial charge is 0.348 e. The molecule has 1 N–H and O–H groups in total. The van der Waals surface area contributed by atoms with Crippen molar-refractivity contribution in [2.75, 3.05) is 13.1 Å². The van der Waals surface area contributed by atoms with Gasteiger partial charge in [0.25, 0.3) is 0 Å². The number of likely N-dealkylation sites (tertiary alicyclic amines) is 1. The predicted molar refractivity (Wildman–Crippen MR) is 109 cm³/mol. The Morgan fingerprint density at radius 1 is 1.19 bits per heavy atom. The zero-order valence-corrected chi connectivity index (χ0v) is 18.1. The average Bonchev–Trinajstić information content (AvgIpc) is 3.07. The fourth-order valence-corrected chi connectivity index (χ4v) is 4.29. The van der Waals surface area contributed by atoms with Crippen LogP contribution in [0.4, 0.5) is 0 Å². The number of carbonyl (C=O) groups excluding carboxylic acids is 1. The quantitative estimate of drug-likeness (QED) is 0.877. The Balaban J connectivity index is 1.87. The van der Waals surface area contributed by atoms with Crippen molar-refractivity contribution in [3.8, 4) is 0 Å². The molecule has 2 heterocycles. The van der Waals surface area contributed by atoms with E-state index in [1.807, 2.05) is 20.0 Å². The molecular weight excluding hydrogens is 336 g/mol. The lowest BCUT2D eigenvalue weighted by molar-refractivity contribution is -0.132. The fraction of sp³-hybridized carbons (Fsp3) is 0.773. The molecule has 5 heteroatoms.